The average molecular weight is 343 g/mol. The summed E-state index contributed by atoms with van der Waals surface area (Å²) in [4.78, 5) is 6.73. The van der Waals surface area contributed by atoms with Crippen molar-refractivity contribution in [2.75, 3.05) is 0 Å². The topological polar surface area (TPSA) is 66.0 Å². The maximum Gasteiger partial charge on any atom is 0.178 e. The first-order chi connectivity index (χ1) is 11.3. The minimum Gasteiger partial charge on any atom is -0.409 e. The van der Waals surface area contributed by atoms with Crippen molar-refractivity contribution in [3.8, 4) is 11.4 Å². The highest BCUT2D eigenvalue weighted by atomic mass is 35.5. The van der Waals surface area contributed by atoms with E-state index in [1.807, 2.05) is 18.2 Å². The van der Waals surface area contributed by atoms with Crippen LogP contribution in [0.25, 0.3) is 22.8 Å². The van der Waals surface area contributed by atoms with Crippen molar-refractivity contribution in [3.05, 3.63) is 53.1 Å². The lowest BCUT2D eigenvalue weighted by molar-refractivity contribution is 0.321. The molecule has 2 N–H and O–H groups in total. The molecule has 0 aliphatic heterocycles. The molecular formula is C18H19ClN4O. The maximum absolute atomic E-state index is 6.03. The van der Waals surface area contributed by atoms with E-state index in [2.05, 4.69) is 37.5 Å². The van der Waals surface area contributed by atoms with Crippen LogP contribution in [0.5, 0.6) is 5.75 Å². The standard InChI is InChI=1S/C18H19ClN4O/c1-5-11-8-13(18(2,3)4)17(24-20)16(9-11)23-21-14-7-6-12(19)10-15(14)22-23/h5-10H,1,20H2,2-4H3. The molecule has 2 aromatic carbocycles. The van der Waals surface area contributed by atoms with E-state index in [9.17, 15) is 0 Å². The van der Waals surface area contributed by atoms with Gasteiger partial charge in [0, 0.05) is 10.6 Å². The monoisotopic (exact) mass is 342 g/mol. The Morgan fingerprint density at radius 1 is 1.17 bits per heavy atom. The first kappa shape index (κ1) is 16.5. The van der Waals surface area contributed by atoms with Crippen LogP contribution in [0.2, 0.25) is 5.02 Å². The van der Waals surface area contributed by atoms with Crippen LogP contribution in [0.4, 0.5) is 0 Å². The fourth-order valence-electron chi connectivity index (χ4n) is 2.58. The summed E-state index contributed by atoms with van der Waals surface area (Å²) >= 11 is 6.03. The number of nitrogens with zero attached hydrogens (tertiary/aromatic N) is 3. The van der Waals surface area contributed by atoms with Crippen LogP contribution in [-0.2, 0) is 5.41 Å². The number of fused-ring (bicyclic) bond motifs is 1. The number of benzene rings is 2. The fourth-order valence-corrected chi connectivity index (χ4v) is 2.74. The molecule has 0 atom stereocenters. The molecule has 1 aromatic heterocycles. The molecule has 3 rings (SSSR count). The van der Waals surface area contributed by atoms with Gasteiger partial charge in [-0.15, -0.1) is 15.0 Å². The summed E-state index contributed by atoms with van der Waals surface area (Å²) in [6, 6.07) is 9.28. The molecule has 3 aromatic rings. The normalized spacial score (nSPS) is 11.7. The summed E-state index contributed by atoms with van der Waals surface area (Å²) in [5.74, 6) is 6.12. The molecule has 0 amide bonds. The third-order valence-corrected chi connectivity index (χ3v) is 4.05. The van der Waals surface area contributed by atoms with Crippen LogP contribution in [0.3, 0.4) is 0 Å². The van der Waals surface area contributed by atoms with Gasteiger partial charge in [0.2, 0.25) is 0 Å². The predicted molar refractivity (Wildman–Crippen MR) is 97.5 cm³/mol. The Morgan fingerprint density at radius 2 is 1.88 bits per heavy atom. The zero-order valence-corrected chi connectivity index (χ0v) is 14.6. The molecule has 0 saturated heterocycles. The van der Waals surface area contributed by atoms with Crippen molar-refractivity contribution >= 4 is 28.7 Å². The number of halogens is 1. The number of aromatic nitrogens is 3. The van der Waals surface area contributed by atoms with Gasteiger partial charge in [0.15, 0.2) is 5.75 Å². The summed E-state index contributed by atoms with van der Waals surface area (Å²) in [7, 11) is 0. The Balaban J connectivity index is 2.30. The second-order valence-corrected chi connectivity index (χ2v) is 7.05. The van der Waals surface area contributed by atoms with E-state index in [1.165, 1.54) is 4.80 Å². The van der Waals surface area contributed by atoms with Crippen molar-refractivity contribution in [2.45, 2.75) is 26.2 Å². The molecule has 0 saturated carbocycles. The van der Waals surface area contributed by atoms with Gasteiger partial charge in [0.1, 0.15) is 16.7 Å². The Morgan fingerprint density at radius 3 is 2.50 bits per heavy atom. The van der Waals surface area contributed by atoms with E-state index >= 15 is 0 Å². The summed E-state index contributed by atoms with van der Waals surface area (Å²) in [6.45, 7) is 10.1. The van der Waals surface area contributed by atoms with Gasteiger partial charge in [-0.3, -0.25) is 0 Å². The molecule has 0 unspecified atom stereocenters. The van der Waals surface area contributed by atoms with Gasteiger partial charge in [-0.1, -0.05) is 45.0 Å². The first-order valence-electron chi connectivity index (χ1n) is 7.54. The molecule has 24 heavy (non-hydrogen) atoms. The van der Waals surface area contributed by atoms with Crippen molar-refractivity contribution in [3.63, 3.8) is 0 Å². The minimum atomic E-state index is -0.168. The summed E-state index contributed by atoms with van der Waals surface area (Å²) < 4.78 is 0. The summed E-state index contributed by atoms with van der Waals surface area (Å²) in [5, 5.41) is 9.62. The zero-order chi connectivity index (χ0) is 17.5. The van der Waals surface area contributed by atoms with Gasteiger partial charge < -0.3 is 4.84 Å². The molecule has 0 radical (unpaired) electrons. The van der Waals surface area contributed by atoms with Gasteiger partial charge in [0.05, 0.1) is 0 Å². The lowest BCUT2D eigenvalue weighted by Gasteiger charge is -2.23. The van der Waals surface area contributed by atoms with E-state index in [0.717, 1.165) is 16.6 Å². The number of rotatable bonds is 3. The number of hydrogen-bond donors (Lipinski definition) is 1. The molecule has 0 aliphatic carbocycles. The molecule has 1 heterocycles. The zero-order valence-electron chi connectivity index (χ0n) is 13.9. The second-order valence-electron chi connectivity index (χ2n) is 6.61. The van der Waals surface area contributed by atoms with E-state index in [4.69, 9.17) is 22.3 Å². The molecule has 0 aliphatic rings. The van der Waals surface area contributed by atoms with E-state index in [1.54, 1.807) is 18.2 Å². The Kier molecular flexibility index (Phi) is 4.07. The number of hydrogen-bond acceptors (Lipinski definition) is 4. The summed E-state index contributed by atoms with van der Waals surface area (Å²) in [5.41, 5.74) is 3.83. The van der Waals surface area contributed by atoms with Crippen LogP contribution in [0.15, 0.2) is 36.9 Å². The highest BCUT2D eigenvalue weighted by Gasteiger charge is 2.24. The van der Waals surface area contributed by atoms with Crippen LogP contribution >= 0.6 is 11.6 Å². The average Bonchev–Trinajstić information content (AvgIpc) is 2.95. The summed E-state index contributed by atoms with van der Waals surface area (Å²) in [6.07, 6.45) is 1.78. The van der Waals surface area contributed by atoms with Crippen molar-refractivity contribution in [2.24, 2.45) is 5.90 Å². The van der Waals surface area contributed by atoms with Crippen molar-refractivity contribution in [1.82, 2.24) is 15.0 Å². The Hall–Kier alpha value is -2.37. The highest BCUT2D eigenvalue weighted by molar-refractivity contribution is 6.31. The molecule has 0 bridgehead atoms. The van der Waals surface area contributed by atoms with E-state index in [-0.39, 0.29) is 5.41 Å². The maximum atomic E-state index is 6.03. The highest BCUT2D eigenvalue weighted by Crippen LogP contribution is 2.37. The number of nitrogens with two attached hydrogens (primary N) is 1. The van der Waals surface area contributed by atoms with E-state index < -0.39 is 0 Å². The van der Waals surface area contributed by atoms with Gasteiger partial charge in [-0.25, -0.2) is 0 Å². The minimum absolute atomic E-state index is 0.168. The van der Waals surface area contributed by atoms with E-state index in [0.29, 0.717) is 22.0 Å². The fraction of sp³-hybridized carbons (Fsp3) is 0.222. The van der Waals surface area contributed by atoms with Gasteiger partial charge >= 0.3 is 0 Å². The van der Waals surface area contributed by atoms with Gasteiger partial charge in [0.25, 0.3) is 0 Å². The molecule has 0 fully saturated rings. The predicted octanol–water partition coefficient (Wildman–Crippen LogP) is 4.27. The van der Waals surface area contributed by atoms with Crippen molar-refractivity contribution in [1.29, 1.82) is 0 Å². The third kappa shape index (κ3) is 2.88. The largest absolute Gasteiger partial charge is 0.409 e. The lowest BCUT2D eigenvalue weighted by Crippen LogP contribution is -2.18. The Labute approximate surface area is 145 Å². The van der Waals surface area contributed by atoms with Gasteiger partial charge in [-0.2, -0.15) is 5.90 Å². The first-order valence-corrected chi connectivity index (χ1v) is 7.92. The lowest BCUT2D eigenvalue weighted by atomic mass is 9.85. The SMILES string of the molecule is C=Cc1cc(-n2nc3ccc(Cl)cc3n2)c(ON)c(C(C)(C)C)c1. The second kappa shape index (κ2) is 5.92. The van der Waals surface area contributed by atoms with Crippen LogP contribution in [-0.4, -0.2) is 15.0 Å². The molecule has 0 spiro atoms. The molecular weight excluding hydrogens is 324 g/mol. The third-order valence-electron chi connectivity index (χ3n) is 3.81. The van der Waals surface area contributed by atoms with Crippen LogP contribution in [0, 0.1) is 0 Å². The van der Waals surface area contributed by atoms with Gasteiger partial charge in [-0.05, 0) is 41.3 Å². The Bertz CT molecular complexity index is 925. The quantitative estimate of drug-likeness (QED) is 0.722. The molecule has 124 valence electrons. The molecule has 6 heteroatoms. The molecule has 5 nitrogen and oxygen atoms in total. The van der Waals surface area contributed by atoms with Crippen LogP contribution in [0.1, 0.15) is 31.9 Å². The van der Waals surface area contributed by atoms with Crippen LogP contribution < -0.4 is 10.7 Å². The van der Waals surface area contributed by atoms with Crippen molar-refractivity contribution < 1.29 is 4.84 Å². The smallest absolute Gasteiger partial charge is 0.178 e.